The highest BCUT2D eigenvalue weighted by atomic mass is 16.5. The molecule has 1 aliphatic rings. The van der Waals surface area contributed by atoms with Gasteiger partial charge in [-0.05, 0) is 30.7 Å². The van der Waals surface area contributed by atoms with Crippen molar-refractivity contribution in [2.24, 2.45) is 13.0 Å². The lowest BCUT2D eigenvalue weighted by molar-refractivity contribution is -0.132. The van der Waals surface area contributed by atoms with Crippen molar-refractivity contribution >= 4 is 5.78 Å². The lowest BCUT2D eigenvalue weighted by atomic mass is 9.83. The van der Waals surface area contributed by atoms with E-state index in [1.54, 1.807) is 11.8 Å². The third-order valence-corrected chi connectivity index (χ3v) is 4.07. The number of hydrogen-bond donors (Lipinski definition) is 0. The summed E-state index contributed by atoms with van der Waals surface area (Å²) in [6, 6.07) is 0. The van der Waals surface area contributed by atoms with Crippen LogP contribution in [0.15, 0.2) is 12.4 Å². The first-order valence-corrected chi connectivity index (χ1v) is 7.23. The quantitative estimate of drug-likeness (QED) is 0.793. The first-order chi connectivity index (χ1) is 9.20. The first kappa shape index (κ1) is 14.3. The fraction of sp³-hybridized carbons (Fsp3) is 0.733. The van der Waals surface area contributed by atoms with Gasteiger partial charge in [-0.25, -0.2) is 0 Å². The highest BCUT2D eigenvalue weighted by molar-refractivity contribution is 5.83. The van der Waals surface area contributed by atoms with E-state index in [0.29, 0.717) is 12.3 Å². The molecule has 1 heterocycles. The summed E-state index contributed by atoms with van der Waals surface area (Å²) in [5.41, 5.74) is 1.12. The molecule has 1 aliphatic carbocycles. The monoisotopic (exact) mass is 264 g/mol. The number of hydrogen-bond acceptors (Lipinski definition) is 3. The Labute approximate surface area is 115 Å². The Morgan fingerprint density at radius 1 is 1.47 bits per heavy atom. The SMILES string of the molecule is COC(C(=O)CCc1cnn(C)c1)C1CCCCC1. The molecular weight excluding hydrogens is 240 g/mol. The van der Waals surface area contributed by atoms with Crippen LogP contribution in [0.1, 0.15) is 44.1 Å². The highest BCUT2D eigenvalue weighted by Gasteiger charge is 2.28. The molecule has 1 aromatic heterocycles. The maximum atomic E-state index is 12.3. The second-order valence-corrected chi connectivity index (χ2v) is 5.54. The number of Topliss-reactive ketones (excluding diaryl/α,β-unsaturated/α-hetero) is 1. The van der Waals surface area contributed by atoms with Crippen molar-refractivity contribution in [3.8, 4) is 0 Å². The average Bonchev–Trinajstić information content (AvgIpc) is 2.84. The van der Waals surface area contributed by atoms with E-state index in [2.05, 4.69) is 5.10 Å². The van der Waals surface area contributed by atoms with Crippen molar-refractivity contribution in [2.45, 2.75) is 51.0 Å². The Balaban J connectivity index is 1.85. The van der Waals surface area contributed by atoms with Crippen LogP contribution >= 0.6 is 0 Å². The van der Waals surface area contributed by atoms with Crippen molar-refractivity contribution in [1.29, 1.82) is 0 Å². The lowest BCUT2D eigenvalue weighted by Gasteiger charge is -2.28. The molecule has 1 saturated carbocycles. The number of nitrogens with zero attached hydrogens (tertiary/aromatic N) is 2. The summed E-state index contributed by atoms with van der Waals surface area (Å²) in [5, 5.41) is 4.12. The maximum absolute atomic E-state index is 12.3. The molecule has 19 heavy (non-hydrogen) atoms. The number of ether oxygens (including phenoxy) is 1. The number of aryl methyl sites for hydroxylation is 2. The Bertz CT molecular complexity index is 408. The van der Waals surface area contributed by atoms with E-state index in [1.165, 1.54) is 19.3 Å². The van der Waals surface area contributed by atoms with Crippen molar-refractivity contribution in [1.82, 2.24) is 9.78 Å². The van der Waals surface area contributed by atoms with Gasteiger partial charge in [0.1, 0.15) is 6.10 Å². The Morgan fingerprint density at radius 3 is 2.79 bits per heavy atom. The van der Waals surface area contributed by atoms with Gasteiger partial charge in [0.15, 0.2) is 5.78 Å². The minimum Gasteiger partial charge on any atom is -0.373 e. The molecule has 1 atom stereocenters. The number of carbonyl (C=O) groups excluding carboxylic acids is 1. The van der Waals surface area contributed by atoms with Crippen LogP contribution in [-0.4, -0.2) is 28.8 Å². The number of methoxy groups -OCH3 is 1. The second kappa shape index (κ2) is 6.85. The molecule has 4 nitrogen and oxygen atoms in total. The largest absolute Gasteiger partial charge is 0.373 e. The van der Waals surface area contributed by atoms with Gasteiger partial charge in [-0.2, -0.15) is 5.10 Å². The molecule has 106 valence electrons. The summed E-state index contributed by atoms with van der Waals surface area (Å²) in [7, 11) is 3.56. The van der Waals surface area contributed by atoms with Gasteiger partial charge in [0.05, 0.1) is 6.20 Å². The van der Waals surface area contributed by atoms with Gasteiger partial charge in [0, 0.05) is 26.8 Å². The van der Waals surface area contributed by atoms with Gasteiger partial charge in [-0.3, -0.25) is 9.48 Å². The van der Waals surface area contributed by atoms with Gasteiger partial charge < -0.3 is 4.74 Å². The predicted octanol–water partition coefficient (Wildman–Crippen LogP) is 2.52. The van der Waals surface area contributed by atoms with E-state index in [9.17, 15) is 4.79 Å². The molecule has 4 heteroatoms. The van der Waals surface area contributed by atoms with E-state index in [-0.39, 0.29) is 11.9 Å². The second-order valence-electron chi connectivity index (χ2n) is 5.54. The van der Waals surface area contributed by atoms with Crippen molar-refractivity contribution in [2.75, 3.05) is 7.11 Å². The topological polar surface area (TPSA) is 44.1 Å². The lowest BCUT2D eigenvalue weighted by Crippen LogP contribution is -2.33. The molecule has 2 rings (SSSR count). The van der Waals surface area contributed by atoms with Gasteiger partial charge in [0.25, 0.3) is 0 Å². The van der Waals surface area contributed by atoms with E-state index in [0.717, 1.165) is 24.8 Å². The van der Waals surface area contributed by atoms with Crippen LogP contribution in [0, 0.1) is 5.92 Å². The Kier molecular flexibility index (Phi) is 5.14. The van der Waals surface area contributed by atoms with Gasteiger partial charge in [-0.15, -0.1) is 0 Å². The molecule has 0 aromatic carbocycles. The Hall–Kier alpha value is -1.16. The molecule has 0 radical (unpaired) electrons. The minimum atomic E-state index is -0.197. The van der Waals surface area contributed by atoms with Crippen molar-refractivity contribution < 1.29 is 9.53 Å². The third-order valence-electron chi connectivity index (χ3n) is 4.07. The van der Waals surface area contributed by atoms with E-state index in [1.807, 2.05) is 19.4 Å². The minimum absolute atomic E-state index is 0.197. The molecule has 0 aliphatic heterocycles. The van der Waals surface area contributed by atoms with E-state index < -0.39 is 0 Å². The molecular formula is C15H24N2O2. The number of carbonyl (C=O) groups is 1. The zero-order chi connectivity index (χ0) is 13.7. The summed E-state index contributed by atoms with van der Waals surface area (Å²) in [6.07, 6.45) is 11.0. The third kappa shape index (κ3) is 3.90. The zero-order valence-corrected chi connectivity index (χ0v) is 12.0. The van der Waals surface area contributed by atoms with E-state index in [4.69, 9.17) is 4.74 Å². The summed E-state index contributed by atoms with van der Waals surface area (Å²) < 4.78 is 7.25. The summed E-state index contributed by atoms with van der Waals surface area (Å²) in [4.78, 5) is 12.3. The molecule has 1 unspecified atom stereocenters. The van der Waals surface area contributed by atoms with Gasteiger partial charge in [-0.1, -0.05) is 19.3 Å². The Morgan fingerprint density at radius 2 is 2.21 bits per heavy atom. The number of ketones is 1. The van der Waals surface area contributed by atoms with Crippen LogP contribution in [0.4, 0.5) is 0 Å². The first-order valence-electron chi connectivity index (χ1n) is 7.23. The van der Waals surface area contributed by atoms with Crippen LogP contribution in [-0.2, 0) is 23.0 Å². The standard InChI is InChI=1S/C15H24N2O2/c1-17-11-12(10-16-17)8-9-14(18)15(19-2)13-6-4-3-5-7-13/h10-11,13,15H,3-9H2,1-2H3. The summed E-state index contributed by atoms with van der Waals surface area (Å²) >= 11 is 0. The van der Waals surface area contributed by atoms with Crippen LogP contribution in [0.2, 0.25) is 0 Å². The van der Waals surface area contributed by atoms with Crippen molar-refractivity contribution in [3.05, 3.63) is 18.0 Å². The van der Waals surface area contributed by atoms with E-state index >= 15 is 0 Å². The molecule has 0 spiro atoms. The molecule has 0 saturated heterocycles. The number of aromatic nitrogens is 2. The van der Waals surface area contributed by atoms with Gasteiger partial charge in [0.2, 0.25) is 0 Å². The van der Waals surface area contributed by atoms with Crippen LogP contribution in [0.25, 0.3) is 0 Å². The molecule has 0 amide bonds. The molecule has 0 bridgehead atoms. The van der Waals surface area contributed by atoms with Crippen LogP contribution in [0.3, 0.4) is 0 Å². The van der Waals surface area contributed by atoms with Crippen LogP contribution in [0.5, 0.6) is 0 Å². The zero-order valence-electron chi connectivity index (χ0n) is 12.0. The smallest absolute Gasteiger partial charge is 0.162 e. The fourth-order valence-corrected chi connectivity index (χ4v) is 3.03. The fourth-order valence-electron chi connectivity index (χ4n) is 3.03. The normalized spacial score (nSPS) is 18.4. The predicted molar refractivity (Wildman–Crippen MR) is 73.9 cm³/mol. The molecule has 1 fully saturated rings. The van der Waals surface area contributed by atoms with Crippen LogP contribution < -0.4 is 0 Å². The summed E-state index contributed by atoms with van der Waals surface area (Å²) in [5.74, 6) is 0.679. The van der Waals surface area contributed by atoms with Gasteiger partial charge >= 0.3 is 0 Å². The average molecular weight is 264 g/mol. The highest BCUT2D eigenvalue weighted by Crippen LogP contribution is 2.28. The molecule has 0 N–H and O–H groups in total. The maximum Gasteiger partial charge on any atom is 0.162 e. The number of rotatable bonds is 6. The van der Waals surface area contributed by atoms with Crippen molar-refractivity contribution in [3.63, 3.8) is 0 Å². The summed E-state index contributed by atoms with van der Waals surface area (Å²) in [6.45, 7) is 0. The molecule has 1 aromatic rings.